The standard InChI is InChI=1S/C10H7N5O2/c11-5-7-9(16)13-10(17)15(14-7)8-4-2-1-3-6(8)12/h1-4H,12H2,(H,13,16,17). The molecule has 2 rings (SSSR count). The quantitative estimate of drug-likeness (QED) is 0.631. The first-order chi connectivity index (χ1) is 8.13. The summed E-state index contributed by atoms with van der Waals surface area (Å²) in [5.74, 6) is 0. The highest BCUT2D eigenvalue weighted by Crippen LogP contribution is 2.12. The van der Waals surface area contributed by atoms with Gasteiger partial charge in [0.2, 0.25) is 5.69 Å². The number of H-pyrrole nitrogens is 1. The Kier molecular flexibility index (Phi) is 2.46. The summed E-state index contributed by atoms with van der Waals surface area (Å²) in [6, 6.07) is 8.10. The first kappa shape index (κ1) is 10.6. The van der Waals surface area contributed by atoms with Gasteiger partial charge in [-0.3, -0.25) is 9.78 Å². The number of hydrogen-bond donors (Lipinski definition) is 2. The lowest BCUT2D eigenvalue weighted by Gasteiger charge is -2.05. The highest BCUT2D eigenvalue weighted by atomic mass is 16.2. The van der Waals surface area contributed by atoms with E-state index in [1.807, 2.05) is 4.98 Å². The average Bonchev–Trinajstić information content (AvgIpc) is 2.31. The number of nitrogens with zero attached hydrogens (tertiary/aromatic N) is 3. The lowest BCUT2D eigenvalue weighted by molar-refractivity contribution is 0.742. The van der Waals surface area contributed by atoms with E-state index in [0.29, 0.717) is 11.4 Å². The number of aromatic amines is 1. The van der Waals surface area contributed by atoms with Gasteiger partial charge in [-0.05, 0) is 12.1 Å². The van der Waals surface area contributed by atoms with Crippen LogP contribution in [-0.4, -0.2) is 14.8 Å². The number of para-hydroxylation sites is 2. The van der Waals surface area contributed by atoms with Gasteiger partial charge in [-0.25, -0.2) is 4.79 Å². The van der Waals surface area contributed by atoms with E-state index in [0.717, 1.165) is 4.68 Å². The summed E-state index contributed by atoms with van der Waals surface area (Å²) in [5.41, 5.74) is 4.35. The largest absolute Gasteiger partial charge is 0.397 e. The van der Waals surface area contributed by atoms with Crippen molar-refractivity contribution < 1.29 is 0 Å². The maximum atomic E-state index is 11.5. The van der Waals surface area contributed by atoms with Crippen LogP contribution in [0, 0.1) is 11.3 Å². The SMILES string of the molecule is N#Cc1nn(-c2ccccc2N)c(=O)[nH]c1=O. The van der Waals surface area contributed by atoms with Gasteiger partial charge in [0, 0.05) is 0 Å². The first-order valence-corrected chi connectivity index (χ1v) is 4.62. The Hall–Kier alpha value is -2.88. The van der Waals surface area contributed by atoms with Gasteiger partial charge in [0.05, 0.1) is 11.4 Å². The average molecular weight is 229 g/mol. The monoisotopic (exact) mass is 229 g/mol. The fraction of sp³-hybridized carbons (Fsp3) is 0. The molecule has 0 saturated carbocycles. The zero-order valence-electron chi connectivity index (χ0n) is 8.54. The predicted octanol–water partition coefficient (Wildman–Crippen LogP) is -0.625. The first-order valence-electron chi connectivity index (χ1n) is 4.62. The Balaban J connectivity index is 2.78. The van der Waals surface area contributed by atoms with Gasteiger partial charge in [0.25, 0.3) is 5.56 Å². The van der Waals surface area contributed by atoms with Crippen LogP contribution < -0.4 is 17.0 Å². The number of aromatic nitrogens is 3. The second-order valence-electron chi connectivity index (χ2n) is 3.19. The summed E-state index contributed by atoms with van der Waals surface area (Å²) < 4.78 is 0.884. The molecule has 0 atom stereocenters. The molecule has 17 heavy (non-hydrogen) atoms. The summed E-state index contributed by atoms with van der Waals surface area (Å²) >= 11 is 0. The zero-order valence-corrected chi connectivity index (χ0v) is 8.54. The van der Waals surface area contributed by atoms with E-state index in [1.54, 1.807) is 30.3 Å². The minimum atomic E-state index is -0.816. The van der Waals surface area contributed by atoms with Gasteiger partial charge in [-0.15, -0.1) is 5.10 Å². The molecule has 0 aliphatic carbocycles. The van der Waals surface area contributed by atoms with Crippen molar-refractivity contribution in [1.29, 1.82) is 5.26 Å². The van der Waals surface area contributed by atoms with Crippen molar-refractivity contribution in [2.75, 3.05) is 5.73 Å². The molecular formula is C10H7N5O2. The predicted molar refractivity (Wildman–Crippen MR) is 59.6 cm³/mol. The highest BCUT2D eigenvalue weighted by Gasteiger charge is 2.09. The maximum Gasteiger partial charge on any atom is 0.349 e. The van der Waals surface area contributed by atoms with Crippen molar-refractivity contribution in [2.24, 2.45) is 0 Å². The van der Waals surface area contributed by atoms with E-state index in [1.165, 1.54) is 0 Å². The number of hydrogen-bond acceptors (Lipinski definition) is 5. The number of nitrogen functional groups attached to an aromatic ring is 1. The van der Waals surface area contributed by atoms with Crippen LogP contribution in [0.25, 0.3) is 5.69 Å². The normalized spacial score (nSPS) is 9.82. The number of anilines is 1. The third kappa shape index (κ3) is 1.79. The van der Waals surface area contributed by atoms with Crippen LogP contribution in [0.4, 0.5) is 5.69 Å². The Morgan fingerprint density at radius 3 is 2.71 bits per heavy atom. The van der Waals surface area contributed by atoms with Crippen LogP contribution in [0.1, 0.15) is 5.69 Å². The molecule has 1 heterocycles. The van der Waals surface area contributed by atoms with Gasteiger partial charge in [-0.2, -0.15) is 9.94 Å². The third-order valence-corrected chi connectivity index (χ3v) is 2.10. The summed E-state index contributed by atoms with van der Waals surface area (Å²) in [7, 11) is 0. The zero-order chi connectivity index (χ0) is 12.4. The van der Waals surface area contributed by atoms with E-state index in [2.05, 4.69) is 5.10 Å². The number of rotatable bonds is 1. The molecular weight excluding hydrogens is 222 g/mol. The topological polar surface area (TPSA) is 118 Å². The molecule has 0 saturated heterocycles. The molecule has 0 fully saturated rings. The van der Waals surface area contributed by atoms with E-state index < -0.39 is 16.9 Å². The van der Waals surface area contributed by atoms with Gasteiger partial charge >= 0.3 is 5.69 Å². The van der Waals surface area contributed by atoms with Crippen molar-refractivity contribution in [3.05, 3.63) is 50.8 Å². The van der Waals surface area contributed by atoms with Gasteiger partial charge in [0.1, 0.15) is 6.07 Å². The smallest absolute Gasteiger partial charge is 0.349 e. The Morgan fingerprint density at radius 1 is 1.35 bits per heavy atom. The van der Waals surface area contributed by atoms with Crippen LogP contribution in [0.2, 0.25) is 0 Å². The van der Waals surface area contributed by atoms with Crippen LogP contribution in [-0.2, 0) is 0 Å². The molecule has 84 valence electrons. The van der Waals surface area contributed by atoms with Gasteiger partial charge in [-0.1, -0.05) is 12.1 Å². The molecule has 2 aromatic rings. The fourth-order valence-corrected chi connectivity index (χ4v) is 1.32. The Bertz CT molecular complexity index is 722. The number of benzene rings is 1. The Labute approximate surface area is 94.7 Å². The molecule has 7 heteroatoms. The second kappa shape index (κ2) is 3.94. The van der Waals surface area contributed by atoms with Crippen LogP contribution in [0.3, 0.4) is 0 Å². The lowest BCUT2D eigenvalue weighted by Crippen LogP contribution is -2.33. The van der Waals surface area contributed by atoms with E-state index in [9.17, 15) is 9.59 Å². The highest BCUT2D eigenvalue weighted by molar-refractivity contribution is 5.56. The van der Waals surface area contributed by atoms with Crippen LogP contribution in [0.15, 0.2) is 33.9 Å². The molecule has 0 amide bonds. The summed E-state index contributed by atoms with van der Waals surface area (Å²) in [6.45, 7) is 0. The van der Waals surface area contributed by atoms with Crippen molar-refractivity contribution in [3.8, 4) is 11.8 Å². The van der Waals surface area contributed by atoms with Crippen LogP contribution in [0.5, 0.6) is 0 Å². The van der Waals surface area contributed by atoms with Crippen molar-refractivity contribution in [2.45, 2.75) is 0 Å². The van der Waals surface area contributed by atoms with Crippen LogP contribution >= 0.6 is 0 Å². The molecule has 1 aromatic carbocycles. The molecule has 0 unspecified atom stereocenters. The number of nitriles is 1. The third-order valence-electron chi connectivity index (χ3n) is 2.10. The molecule has 7 nitrogen and oxygen atoms in total. The molecule has 3 N–H and O–H groups in total. The van der Waals surface area contributed by atoms with E-state index in [4.69, 9.17) is 11.0 Å². The molecule has 0 radical (unpaired) electrons. The van der Waals surface area contributed by atoms with Gasteiger partial charge in [0.15, 0.2) is 0 Å². The summed E-state index contributed by atoms with van der Waals surface area (Å²) in [4.78, 5) is 24.7. The summed E-state index contributed by atoms with van der Waals surface area (Å²) in [6.07, 6.45) is 0. The van der Waals surface area contributed by atoms with Crippen molar-refractivity contribution in [3.63, 3.8) is 0 Å². The maximum absolute atomic E-state index is 11.5. The number of nitrogens with two attached hydrogens (primary N) is 1. The molecule has 0 spiro atoms. The van der Waals surface area contributed by atoms with E-state index in [-0.39, 0.29) is 0 Å². The lowest BCUT2D eigenvalue weighted by atomic mass is 10.3. The fourth-order valence-electron chi connectivity index (χ4n) is 1.32. The molecule has 0 aliphatic heterocycles. The van der Waals surface area contributed by atoms with Crippen molar-refractivity contribution in [1.82, 2.24) is 14.8 Å². The molecule has 1 aromatic heterocycles. The minimum Gasteiger partial charge on any atom is -0.397 e. The number of nitrogens with one attached hydrogen (secondary N) is 1. The summed E-state index contributed by atoms with van der Waals surface area (Å²) in [5, 5.41) is 12.3. The molecule has 0 bridgehead atoms. The van der Waals surface area contributed by atoms with Crippen molar-refractivity contribution >= 4 is 5.69 Å². The second-order valence-corrected chi connectivity index (χ2v) is 3.19. The van der Waals surface area contributed by atoms with Gasteiger partial charge < -0.3 is 5.73 Å². The molecule has 0 aliphatic rings. The van der Waals surface area contributed by atoms with E-state index >= 15 is 0 Å². The Morgan fingerprint density at radius 2 is 2.06 bits per heavy atom. The minimum absolute atomic E-state index is 0.310.